The molecule has 0 atom stereocenters. The molecule has 0 fully saturated rings. The van der Waals surface area contributed by atoms with Crippen molar-refractivity contribution < 1.29 is 13.5 Å². The van der Waals surface area contributed by atoms with Gasteiger partial charge in [-0.05, 0) is 28.7 Å². The van der Waals surface area contributed by atoms with Crippen LogP contribution in [0.1, 0.15) is 5.56 Å². The van der Waals surface area contributed by atoms with E-state index in [0.29, 0.717) is 0 Å². The van der Waals surface area contributed by atoms with Gasteiger partial charge in [0.2, 0.25) is 0 Å². The molecule has 0 saturated heterocycles. The van der Waals surface area contributed by atoms with Crippen LogP contribution in [-0.2, 0) is 0 Å². The third kappa shape index (κ3) is 1.72. The minimum atomic E-state index is -0.834. The summed E-state index contributed by atoms with van der Waals surface area (Å²) in [5.41, 5.74) is -0.141. The Bertz CT molecular complexity index is 387. The average molecular weight is 295 g/mol. The number of hydrogen-bond acceptors (Lipinski definition) is 2. The fraction of sp³-hybridized carbons (Fsp3) is 0.125. The Morgan fingerprint density at radius 3 is 2.62 bits per heavy atom. The molecule has 0 aromatic heterocycles. The number of rotatable bonds is 1. The first-order valence-corrected chi connectivity index (χ1v) is 4.31. The van der Waals surface area contributed by atoms with E-state index in [1.54, 1.807) is 6.07 Å². The van der Waals surface area contributed by atoms with Crippen molar-refractivity contribution in [2.24, 2.45) is 0 Å². The summed E-state index contributed by atoms with van der Waals surface area (Å²) in [7, 11) is 1.23. The third-order valence-corrected chi connectivity index (χ3v) is 2.43. The maximum absolute atomic E-state index is 13.2. The third-order valence-electron chi connectivity index (χ3n) is 1.44. The van der Waals surface area contributed by atoms with Crippen LogP contribution < -0.4 is 4.74 Å². The van der Waals surface area contributed by atoms with Gasteiger partial charge in [0.1, 0.15) is 17.4 Å². The normalized spacial score (nSPS) is 9.46. The largest absolute Gasteiger partial charge is 0.492 e. The number of nitrogens with zero attached hydrogens (tertiary/aromatic N) is 1. The van der Waals surface area contributed by atoms with Gasteiger partial charge >= 0.3 is 0 Å². The predicted molar refractivity (Wildman–Crippen MR) is 50.3 cm³/mol. The van der Waals surface area contributed by atoms with Crippen LogP contribution in [0.25, 0.3) is 0 Å². The van der Waals surface area contributed by atoms with Crippen molar-refractivity contribution in [1.29, 1.82) is 5.26 Å². The molecule has 0 radical (unpaired) electrons. The van der Waals surface area contributed by atoms with Gasteiger partial charge in [0.15, 0.2) is 11.6 Å². The SMILES string of the molecule is COc1c(C#N)cc(F)c(I)c1F. The zero-order valence-electron chi connectivity index (χ0n) is 6.57. The number of methoxy groups -OCH3 is 1. The van der Waals surface area contributed by atoms with Gasteiger partial charge in [0, 0.05) is 0 Å². The Morgan fingerprint density at radius 2 is 2.15 bits per heavy atom. The molecule has 2 nitrogen and oxygen atoms in total. The van der Waals surface area contributed by atoms with E-state index in [0.717, 1.165) is 6.07 Å². The van der Waals surface area contributed by atoms with Crippen LogP contribution in [0.15, 0.2) is 6.07 Å². The first kappa shape index (κ1) is 10.2. The van der Waals surface area contributed by atoms with E-state index < -0.39 is 11.6 Å². The quantitative estimate of drug-likeness (QED) is 0.589. The molecule has 0 spiro atoms. The molecular weight excluding hydrogens is 291 g/mol. The summed E-state index contributed by atoms with van der Waals surface area (Å²) < 4.78 is 30.5. The summed E-state index contributed by atoms with van der Waals surface area (Å²) in [6.07, 6.45) is 0. The summed E-state index contributed by atoms with van der Waals surface area (Å²) in [6, 6.07) is 2.60. The molecule has 0 amide bonds. The Balaban J connectivity index is 3.50. The van der Waals surface area contributed by atoms with Crippen molar-refractivity contribution in [3.05, 3.63) is 26.8 Å². The first-order valence-electron chi connectivity index (χ1n) is 3.23. The van der Waals surface area contributed by atoms with Gasteiger partial charge in [-0.2, -0.15) is 5.26 Å². The summed E-state index contributed by atoms with van der Waals surface area (Å²) in [5, 5.41) is 8.52. The molecule has 13 heavy (non-hydrogen) atoms. The fourth-order valence-electron chi connectivity index (χ4n) is 0.861. The van der Waals surface area contributed by atoms with E-state index in [4.69, 9.17) is 5.26 Å². The zero-order valence-corrected chi connectivity index (χ0v) is 8.72. The fourth-order valence-corrected chi connectivity index (χ4v) is 1.26. The minimum absolute atomic E-state index is 0.141. The number of hydrogen-bond donors (Lipinski definition) is 0. The lowest BCUT2D eigenvalue weighted by atomic mass is 10.2. The molecule has 0 aliphatic rings. The topological polar surface area (TPSA) is 33.0 Å². The van der Waals surface area contributed by atoms with Crippen LogP contribution >= 0.6 is 22.6 Å². The second kappa shape index (κ2) is 3.87. The molecule has 1 rings (SSSR count). The van der Waals surface area contributed by atoms with Crippen LogP contribution in [0.4, 0.5) is 8.78 Å². The molecule has 1 aromatic rings. The van der Waals surface area contributed by atoms with E-state index in [1.807, 2.05) is 0 Å². The Kier molecular flexibility index (Phi) is 3.03. The molecule has 0 bridgehead atoms. The van der Waals surface area contributed by atoms with E-state index in [2.05, 4.69) is 4.74 Å². The van der Waals surface area contributed by atoms with Gasteiger partial charge in [-0.15, -0.1) is 0 Å². The monoisotopic (exact) mass is 295 g/mol. The second-order valence-electron chi connectivity index (χ2n) is 2.18. The molecule has 0 aliphatic carbocycles. The number of benzene rings is 1. The van der Waals surface area contributed by atoms with Crippen LogP contribution in [0, 0.1) is 26.5 Å². The molecular formula is C8H4F2INO. The van der Waals surface area contributed by atoms with Gasteiger partial charge in [-0.1, -0.05) is 0 Å². The highest BCUT2D eigenvalue weighted by Crippen LogP contribution is 2.28. The van der Waals surface area contributed by atoms with E-state index in [9.17, 15) is 8.78 Å². The molecule has 1 aromatic carbocycles. The van der Waals surface area contributed by atoms with E-state index in [-0.39, 0.29) is 14.9 Å². The highest BCUT2D eigenvalue weighted by molar-refractivity contribution is 14.1. The summed E-state index contributed by atoms with van der Waals surface area (Å²) in [6.45, 7) is 0. The van der Waals surface area contributed by atoms with Crippen molar-refractivity contribution in [1.82, 2.24) is 0 Å². The van der Waals surface area contributed by atoms with Crippen molar-refractivity contribution >= 4 is 22.6 Å². The lowest BCUT2D eigenvalue weighted by Gasteiger charge is -2.05. The predicted octanol–water partition coefficient (Wildman–Crippen LogP) is 2.45. The highest BCUT2D eigenvalue weighted by atomic mass is 127. The van der Waals surface area contributed by atoms with Crippen molar-refractivity contribution in [3.8, 4) is 11.8 Å². The minimum Gasteiger partial charge on any atom is -0.492 e. The van der Waals surface area contributed by atoms with Crippen molar-refractivity contribution in [2.75, 3.05) is 7.11 Å². The van der Waals surface area contributed by atoms with E-state index in [1.165, 1.54) is 29.7 Å². The number of nitriles is 1. The zero-order chi connectivity index (χ0) is 10.0. The Morgan fingerprint density at radius 1 is 1.54 bits per heavy atom. The van der Waals surface area contributed by atoms with Gasteiger partial charge in [-0.25, -0.2) is 8.78 Å². The maximum atomic E-state index is 13.2. The van der Waals surface area contributed by atoms with Gasteiger partial charge < -0.3 is 4.74 Å². The summed E-state index contributed by atoms with van der Waals surface area (Å²) >= 11 is 1.51. The lowest BCUT2D eigenvalue weighted by molar-refractivity contribution is 0.380. The molecule has 0 saturated carbocycles. The molecule has 0 unspecified atom stereocenters. The molecule has 0 N–H and O–H groups in total. The van der Waals surface area contributed by atoms with E-state index >= 15 is 0 Å². The number of halogens is 3. The van der Waals surface area contributed by atoms with Crippen LogP contribution in [0.5, 0.6) is 5.75 Å². The lowest BCUT2D eigenvalue weighted by Crippen LogP contribution is -1.98. The van der Waals surface area contributed by atoms with Gasteiger partial charge in [0.25, 0.3) is 0 Å². The summed E-state index contributed by atoms with van der Waals surface area (Å²) in [4.78, 5) is 0. The van der Waals surface area contributed by atoms with Crippen LogP contribution in [0.2, 0.25) is 0 Å². The molecule has 0 aliphatic heterocycles. The molecule has 68 valence electrons. The van der Waals surface area contributed by atoms with Crippen LogP contribution in [-0.4, -0.2) is 7.11 Å². The Labute approximate surface area is 87.3 Å². The first-order chi connectivity index (χ1) is 6.11. The average Bonchev–Trinajstić information content (AvgIpc) is 2.13. The summed E-state index contributed by atoms with van der Waals surface area (Å²) in [5.74, 6) is -1.80. The second-order valence-corrected chi connectivity index (χ2v) is 3.26. The number of ether oxygens (including phenoxy) is 1. The van der Waals surface area contributed by atoms with Gasteiger partial charge in [0.05, 0.1) is 10.7 Å². The maximum Gasteiger partial charge on any atom is 0.182 e. The van der Waals surface area contributed by atoms with Gasteiger partial charge in [-0.3, -0.25) is 0 Å². The van der Waals surface area contributed by atoms with Crippen molar-refractivity contribution in [2.45, 2.75) is 0 Å². The smallest absolute Gasteiger partial charge is 0.182 e. The Hall–Kier alpha value is -0.900. The standard InChI is InChI=1S/C8H4F2INO/c1-13-8-4(3-12)2-5(9)7(11)6(8)10/h2H,1H3. The van der Waals surface area contributed by atoms with Crippen LogP contribution in [0.3, 0.4) is 0 Å². The molecule has 5 heteroatoms. The van der Waals surface area contributed by atoms with Crippen molar-refractivity contribution in [3.63, 3.8) is 0 Å². The molecule has 0 heterocycles. The highest BCUT2D eigenvalue weighted by Gasteiger charge is 2.16.